The summed E-state index contributed by atoms with van der Waals surface area (Å²) in [6.07, 6.45) is -1.07. The van der Waals surface area contributed by atoms with Gasteiger partial charge in [-0.15, -0.1) is 0 Å². The van der Waals surface area contributed by atoms with E-state index in [1.54, 1.807) is 25.3 Å². The second-order valence-corrected chi connectivity index (χ2v) is 24.7. The van der Waals surface area contributed by atoms with Gasteiger partial charge >= 0.3 is 30.2 Å². The van der Waals surface area contributed by atoms with Gasteiger partial charge < -0.3 is 61.4 Å². The zero-order valence-electron chi connectivity index (χ0n) is 51.9. The number of Topliss-reactive ketones (excluding diaryl/α,β-unsaturated/α-hetero) is 2. The van der Waals surface area contributed by atoms with Crippen LogP contribution in [0.1, 0.15) is 95.6 Å². The number of nitrogens with zero attached hydrogens (tertiary/aromatic N) is 1. The van der Waals surface area contributed by atoms with Crippen molar-refractivity contribution in [3.8, 4) is 11.3 Å². The molecule has 0 spiro atoms. The number of carbonyl (C=O) groups is 8. The van der Waals surface area contributed by atoms with Gasteiger partial charge in [0.2, 0.25) is 0 Å². The molecule has 3 amide bonds. The Bertz CT molecular complexity index is 3550. The van der Waals surface area contributed by atoms with Gasteiger partial charge in [0.15, 0.2) is 11.6 Å². The van der Waals surface area contributed by atoms with Gasteiger partial charge in [-0.2, -0.15) is 0 Å². The fraction of sp³-hybridized carbons (Fsp3) is 0.209. The van der Waals surface area contributed by atoms with Crippen molar-refractivity contribution in [1.82, 2.24) is 32.1 Å². The number of ketones is 2. The third kappa shape index (κ3) is 38.8. The molecule has 0 saturated carbocycles. The molecule has 0 radical (unpaired) electrons. The number of rotatable bonds is 19. The highest BCUT2D eigenvalue weighted by molar-refractivity contribution is 14.1. The van der Waals surface area contributed by atoms with Gasteiger partial charge in [-0.25, -0.2) is 24.2 Å². The number of carboxylic acids is 2. The van der Waals surface area contributed by atoms with Crippen molar-refractivity contribution in [2.45, 2.75) is 78.7 Å². The zero-order chi connectivity index (χ0) is 70.0. The summed E-state index contributed by atoms with van der Waals surface area (Å²) in [7, 11) is 0. The minimum Gasteiger partial charge on any atom is -0.481 e. The molecule has 8 aromatic rings. The molecule has 21 nitrogen and oxygen atoms in total. The third-order valence-electron chi connectivity index (χ3n) is 11.7. The van der Waals surface area contributed by atoms with Crippen LogP contribution in [0.2, 0.25) is 0 Å². The van der Waals surface area contributed by atoms with E-state index in [0.717, 1.165) is 56.7 Å². The molecule has 8 rings (SSSR count). The van der Waals surface area contributed by atoms with Gasteiger partial charge in [0.25, 0.3) is 5.97 Å². The fourth-order valence-corrected chi connectivity index (χ4v) is 8.57. The predicted molar refractivity (Wildman–Crippen MR) is 409 cm³/mol. The molecule has 1 heterocycles. The second-order valence-electron chi connectivity index (χ2n) is 19.2. The molecule has 0 aliphatic rings. The van der Waals surface area contributed by atoms with Crippen LogP contribution in [0.15, 0.2) is 194 Å². The maximum atomic E-state index is 11.9. The van der Waals surface area contributed by atoms with Gasteiger partial charge in [-0.05, 0) is 194 Å². The molecular formula is C67H71Br3I4N6O15. The first kappa shape index (κ1) is 86.6. The lowest BCUT2D eigenvalue weighted by Gasteiger charge is -2.16. The average Bonchev–Trinajstić information content (AvgIpc) is 3.58. The van der Waals surface area contributed by atoms with Crippen molar-refractivity contribution < 1.29 is 72.6 Å². The van der Waals surface area contributed by atoms with E-state index in [-0.39, 0.29) is 50.2 Å². The van der Waals surface area contributed by atoms with E-state index in [9.17, 15) is 38.7 Å². The number of alkyl halides is 1. The summed E-state index contributed by atoms with van der Waals surface area (Å²) in [4.78, 5) is 95.6. The molecule has 7 aromatic carbocycles. The SMILES string of the molecule is BrBr.CC(=O)O.CC(=O)c1ccc(I)cc1.C[C@H](NC(=O)OCc1ccccc1)C(=O)O.C[C@H](NC(=O)OCc1ccccc1)C(=O)OCC(O)c1ccc(I)cc1.C[C@H](NC(=O)OCc1ccccc1)c1ncc(-c2ccc(I)cc2)[nH]1.N.O=C(CBr)c1ccc(I)cc1. The lowest BCUT2D eigenvalue weighted by atomic mass is 10.1. The Hall–Kier alpha value is -6.41. The number of alkyl carbamates (subject to hydrolysis) is 3. The molecular weight excluding hydrogens is 1880 g/mol. The van der Waals surface area contributed by atoms with Gasteiger partial charge in [-0.3, -0.25) is 19.2 Å². The van der Waals surface area contributed by atoms with Crippen molar-refractivity contribution >= 4 is 182 Å². The zero-order valence-corrected chi connectivity index (χ0v) is 65.2. The number of aliphatic hydroxyl groups is 1. The highest BCUT2D eigenvalue weighted by Crippen LogP contribution is 2.21. The van der Waals surface area contributed by atoms with Gasteiger partial charge in [0, 0.05) is 60.6 Å². The number of halogens is 7. The number of imidazole rings is 1. The molecule has 95 heavy (non-hydrogen) atoms. The number of aromatic nitrogens is 2. The molecule has 10 N–H and O–H groups in total. The molecule has 0 bridgehead atoms. The Labute approximate surface area is 629 Å². The van der Waals surface area contributed by atoms with Gasteiger partial charge in [-0.1, -0.05) is 155 Å². The molecule has 1 aromatic heterocycles. The number of esters is 1. The fourth-order valence-electron chi connectivity index (χ4n) is 6.81. The summed E-state index contributed by atoms with van der Waals surface area (Å²) in [6, 6.07) is 56.3. The molecule has 1 unspecified atom stereocenters. The van der Waals surface area contributed by atoms with E-state index in [1.165, 1.54) is 17.4 Å². The van der Waals surface area contributed by atoms with E-state index in [1.807, 2.05) is 183 Å². The first-order valence-electron chi connectivity index (χ1n) is 27.8. The number of ether oxygens (including phenoxy) is 4. The minimum atomic E-state index is -1.10. The number of benzene rings is 7. The number of aliphatic hydroxyl groups excluding tert-OH is 1. The number of hydrogen-bond acceptors (Lipinski definition) is 15. The molecule has 0 aliphatic carbocycles. The van der Waals surface area contributed by atoms with Crippen LogP contribution in [0.5, 0.6) is 0 Å². The van der Waals surface area contributed by atoms with E-state index >= 15 is 0 Å². The first-order chi connectivity index (χ1) is 44.8. The number of nitrogens with one attached hydrogen (secondary N) is 4. The minimum absolute atomic E-state index is 0. The van der Waals surface area contributed by atoms with Crippen molar-refractivity contribution in [3.05, 3.63) is 248 Å². The standard InChI is InChI=1S/C19H18IN3O2.C19H20INO5.C11H13NO4.C8H6BrIO.C8H7IO.C2H4O2.Br2.H3N/c1-13(22-19(24)25-12-14-5-3-2-4-6-14)18-21-11-17(23-18)15-7-9-16(20)10-8-15;1-13(21-19(24)26-11-14-5-3-2-4-6-14)18(23)25-12-17(22)15-7-9-16(20)10-8-15;1-8(10(13)14)12-11(15)16-7-9-5-3-2-4-6-9;9-5-8(11)6-1-3-7(10)4-2-6;1-6(10)7-2-4-8(9)5-3-7;1-2(3)4;1-2;/h2-11,13H,12H2,1H3,(H,21,23)(H,22,24);2-10,13,17,22H,11-12H2,1H3,(H,21,24);2-6,8H,7H2,1H3,(H,12,15)(H,13,14);1-4H,5H2;2-5H,1H3;1H3,(H,3,4);;1H3/t13-;13-,17?;8-;;;;;/m000...../s1. The highest BCUT2D eigenvalue weighted by Gasteiger charge is 2.20. The van der Waals surface area contributed by atoms with Gasteiger partial charge in [0.1, 0.15) is 50.4 Å². The molecule has 0 aliphatic heterocycles. The predicted octanol–water partition coefficient (Wildman–Crippen LogP) is 16.5. The van der Waals surface area contributed by atoms with Crippen LogP contribution < -0.4 is 22.1 Å². The Morgan fingerprint density at radius 1 is 0.516 bits per heavy atom. The topological polar surface area (TPSA) is 334 Å². The summed E-state index contributed by atoms with van der Waals surface area (Å²) >= 11 is 17.5. The normalized spacial score (nSPS) is 11.0. The first-order valence-corrected chi connectivity index (χ1v) is 37.0. The van der Waals surface area contributed by atoms with Crippen LogP contribution >= 0.6 is 135 Å². The van der Waals surface area contributed by atoms with Crippen LogP contribution in [0, 0.1) is 14.3 Å². The van der Waals surface area contributed by atoms with Crippen LogP contribution in [0.25, 0.3) is 11.3 Å². The van der Waals surface area contributed by atoms with Crippen molar-refractivity contribution in [2.75, 3.05) is 11.9 Å². The number of aliphatic carboxylic acids is 2. The van der Waals surface area contributed by atoms with Crippen molar-refractivity contribution in [2.24, 2.45) is 0 Å². The Morgan fingerprint density at radius 2 is 0.874 bits per heavy atom. The second kappa shape index (κ2) is 50.0. The summed E-state index contributed by atoms with van der Waals surface area (Å²) in [5.41, 5.74) is 6.81. The van der Waals surface area contributed by atoms with Crippen LogP contribution in [-0.4, -0.2) is 97.1 Å². The summed E-state index contributed by atoms with van der Waals surface area (Å²) in [5.74, 6) is -1.65. The number of H-pyrrole nitrogens is 1. The maximum Gasteiger partial charge on any atom is 0.408 e. The maximum absolute atomic E-state index is 11.9. The molecule has 4 atom stereocenters. The molecule has 28 heteroatoms. The quantitative estimate of drug-likeness (QED) is 0.0123. The Morgan fingerprint density at radius 3 is 1.25 bits per heavy atom. The summed E-state index contributed by atoms with van der Waals surface area (Å²) in [6.45, 7) is 7.66. The Balaban J connectivity index is 0.000000604. The lowest BCUT2D eigenvalue weighted by Crippen LogP contribution is -2.40. The number of amides is 3. The van der Waals surface area contributed by atoms with Crippen molar-refractivity contribution in [3.63, 3.8) is 0 Å². The third-order valence-corrected chi connectivity index (χ3v) is 15.1. The Kier molecular flexibility index (Phi) is 45.6. The molecule has 0 fully saturated rings. The van der Waals surface area contributed by atoms with E-state index in [2.05, 4.69) is 160 Å². The summed E-state index contributed by atoms with van der Waals surface area (Å²) < 4.78 is 24.7. The molecule has 508 valence electrons. The van der Waals surface area contributed by atoms with Gasteiger partial charge in [0.05, 0.1) is 23.3 Å². The number of carboxylic acid groups (broad SMARTS) is 2. The number of hydrogen-bond donors (Lipinski definition) is 8. The number of carbonyl (C=O) groups excluding carboxylic acids is 6. The summed E-state index contributed by atoms with van der Waals surface area (Å²) in [5, 5.41) is 33.8. The smallest absolute Gasteiger partial charge is 0.408 e. The monoisotopic (exact) mass is 1940 g/mol. The number of aromatic amines is 1. The lowest BCUT2D eigenvalue weighted by molar-refractivity contribution is -0.148. The van der Waals surface area contributed by atoms with Crippen LogP contribution in [-0.2, 0) is 53.2 Å². The van der Waals surface area contributed by atoms with Crippen molar-refractivity contribution in [1.29, 1.82) is 0 Å². The molecule has 0 saturated heterocycles. The van der Waals surface area contributed by atoms with E-state index < -0.39 is 54.4 Å². The highest BCUT2D eigenvalue weighted by atomic mass is 127. The van der Waals surface area contributed by atoms with Crippen LogP contribution in [0.3, 0.4) is 0 Å². The van der Waals surface area contributed by atoms with Crippen LogP contribution in [0.4, 0.5) is 14.4 Å². The van der Waals surface area contributed by atoms with E-state index in [4.69, 9.17) is 34.0 Å². The average molecular weight is 1950 g/mol. The largest absolute Gasteiger partial charge is 0.481 e. The van der Waals surface area contributed by atoms with E-state index in [0.29, 0.717) is 16.7 Å².